The molecule has 0 spiro atoms. The Kier molecular flexibility index (Phi) is 16.2. The van der Waals surface area contributed by atoms with E-state index in [-0.39, 0.29) is 5.91 Å². The lowest BCUT2D eigenvalue weighted by molar-refractivity contribution is -0.117. The highest BCUT2D eigenvalue weighted by molar-refractivity contribution is 8.16. The van der Waals surface area contributed by atoms with Gasteiger partial charge in [0, 0.05) is 68.0 Å². The van der Waals surface area contributed by atoms with Crippen LogP contribution in [0.1, 0.15) is 56.1 Å². The quantitative estimate of drug-likeness (QED) is 0.247. The van der Waals surface area contributed by atoms with Crippen molar-refractivity contribution in [3.8, 4) is 0 Å². The third-order valence-corrected chi connectivity index (χ3v) is 15.2. The molecule has 18 heteroatoms. The number of benzene rings is 1. The molecular formula is C58H63N15OS2. The van der Waals surface area contributed by atoms with E-state index in [2.05, 4.69) is 141 Å². The van der Waals surface area contributed by atoms with Gasteiger partial charge in [0.2, 0.25) is 5.96 Å². The molecule has 0 unspecified atom stereocenters. The smallest absolute Gasteiger partial charge is 0.267 e. The van der Waals surface area contributed by atoms with Crippen LogP contribution in [-0.4, -0.2) is 151 Å². The molecular weight excluding hydrogens is 987 g/mol. The topological polar surface area (TPSA) is 139 Å². The van der Waals surface area contributed by atoms with Crippen molar-refractivity contribution in [1.82, 2.24) is 34.3 Å². The number of amidine groups is 6. The number of carbonyl (C=O) groups is 1. The molecule has 0 atom stereocenters. The molecule has 16 rings (SSSR count). The number of guanidine groups is 1. The van der Waals surface area contributed by atoms with E-state index in [1.165, 1.54) is 85.4 Å². The Morgan fingerprint density at radius 1 is 0.513 bits per heavy atom. The van der Waals surface area contributed by atoms with Gasteiger partial charge in [-0.15, -0.1) is 0 Å². The first-order valence-corrected chi connectivity index (χ1v) is 27.6. The number of piperidine rings is 1. The second-order valence-corrected chi connectivity index (χ2v) is 21.2. The Morgan fingerprint density at radius 2 is 1.21 bits per heavy atom. The average molecular weight is 1050 g/mol. The van der Waals surface area contributed by atoms with E-state index in [0.29, 0.717) is 6.54 Å². The van der Waals surface area contributed by atoms with Gasteiger partial charge >= 0.3 is 0 Å². The van der Waals surface area contributed by atoms with Gasteiger partial charge in [-0.2, -0.15) is 4.99 Å². The molecule has 1 aromatic rings. The van der Waals surface area contributed by atoms with Crippen molar-refractivity contribution >= 4 is 81.4 Å². The Bertz CT molecular complexity index is 3050. The largest absolute Gasteiger partial charge is 0.354 e. The number of nitrogens with zero attached hydrogens (tertiary/aromatic N) is 15. The summed E-state index contributed by atoms with van der Waals surface area (Å²) >= 11 is 3.32. The van der Waals surface area contributed by atoms with Crippen molar-refractivity contribution in [3.05, 3.63) is 187 Å². The molecule has 0 N–H and O–H groups in total. The molecule has 388 valence electrons. The summed E-state index contributed by atoms with van der Waals surface area (Å²) in [5, 5.41) is 4.03. The molecule has 14 aliphatic heterocycles. The van der Waals surface area contributed by atoms with Gasteiger partial charge in [-0.3, -0.25) is 4.79 Å². The third-order valence-electron chi connectivity index (χ3n) is 13.4. The van der Waals surface area contributed by atoms with Gasteiger partial charge in [-0.05, 0) is 91.0 Å². The Labute approximate surface area is 454 Å². The number of carbonyl (C=O) groups excluding carboxylic acids is 1. The van der Waals surface area contributed by atoms with E-state index in [1.807, 2.05) is 70.2 Å². The normalized spacial score (nSPS) is 22.4. The first kappa shape index (κ1) is 51.6. The molecule has 1 amide bonds. The molecule has 76 heavy (non-hydrogen) atoms. The van der Waals surface area contributed by atoms with Crippen LogP contribution in [-0.2, 0) is 4.79 Å². The predicted octanol–water partition coefficient (Wildman–Crippen LogP) is 9.65. The molecule has 0 radical (unpaired) electrons. The fourth-order valence-electron chi connectivity index (χ4n) is 9.86. The number of rotatable bonds is 0. The highest BCUT2D eigenvalue weighted by Crippen LogP contribution is 2.34. The van der Waals surface area contributed by atoms with Crippen molar-refractivity contribution in [1.29, 1.82) is 0 Å². The van der Waals surface area contributed by atoms with E-state index in [9.17, 15) is 4.79 Å². The number of aliphatic imine (C=N–C) groups is 8. The molecule has 0 saturated carbocycles. The molecule has 2 saturated heterocycles. The van der Waals surface area contributed by atoms with Crippen LogP contribution >= 0.6 is 23.5 Å². The molecule has 1 aliphatic carbocycles. The van der Waals surface area contributed by atoms with Crippen LogP contribution < -0.4 is 0 Å². The van der Waals surface area contributed by atoms with Crippen LogP contribution in [0.2, 0.25) is 0 Å². The van der Waals surface area contributed by atoms with Crippen LogP contribution in [0, 0.1) is 0 Å². The summed E-state index contributed by atoms with van der Waals surface area (Å²) < 4.78 is 0. The van der Waals surface area contributed by atoms with Crippen molar-refractivity contribution in [3.63, 3.8) is 0 Å². The van der Waals surface area contributed by atoms with E-state index < -0.39 is 0 Å². The molecule has 2 fully saturated rings. The highest BCUT2D eigenvalue weighted by atomic mass is 32.2. The maximum absolute atomic E-state index is 10.6. The minimum absolute atomic E-state index is 0.0113. The third kappa shape index (κ3) is 12.6. The van der Waals surface area contributed by atoms with Crippen LogP contribution in [0.5, 0.6) is 0 Å². The fourth-order valence-corrected chi connectivity index (χ4v) is 11.6. The summed E-state index contributed by atoms with van der Waals surface area (Å²) in [6.07, 6.45) is 33.0. The van der Waals surface area contributed by atoms with Crippen molar-refractivity contribution in [2.75, 3.05) is 64.7 Å². The van der Waals surface area contributed by atoms with E-state index in [0.717, 1.165) is 114 Å². The highest BCUT2D eigenvalue weighted by Gasteiger charge is 2.29. The summed E-state index contributed by atoms with van der Waals surface area (Å²) in [4.78, 5) is 59.2. The van der Waals surface area contributed by atoms with Crippen molar-refractivity contribution in [2.45, 2.75) is 44.9 Å². The lowest BCUT2D eigenvalue weighted by Crippen LogP contribution is -2.31. The van der Waals surface area contributed by atoms with Crippen LogP contribution in [0.15, 0.2) is 216 Å². The SMILES string of the molecule is C=C1CN2C=CC3=C(CCCC3)C2=N1.C=C1CN2C=CC=CC2=N1.C=C1CN2C=CC=NC2=N1.C=C1CN2C=CSC2=N1.C=C1CN2C=Cc3ccccc3C2=N1.C=C1CN2CCCCC2=N1.O=C1CN2CCSC2=N1. The minimum Gasteiger partial charge on any atom is -0.354 e. The van der Waals surface area contributed by atoms with Crippen LogP contribution in [0.4, 0.5) is 0 Å². The van der Waals surface area contributed by atoms with E-state index in [1.54, 1.807) is 29.7 Å². The number of thioether (sulfide) groups is 2. The number of amides is 1. The van der Waals surface area contributed by atoms with Crippen LogP contribution in [0.3, 0.4) is 0 Å². The number of hydrogen-bond donors (Lipinski definition) is 0. The van der Waals surface area contributed by atoms with E-state index >= 15 is 0 Å². The second kappa shape index (κ2) is 23.8. The molecule has 14 heterocycles. The first-order chi connectivity index (χ1) is 37.0. The number of fused-ring (bicyclic) bond motifs is 10. The van der Waals surface area contributed by atoms with Gasteiger partial charge in [0.25, 0.3) is 5.91 Å². The molecule has 15 aliphatic rings. The van der Waals surface area contributed by atoms with Gasteiger partial charge in [0.05, 0.1) is 73.5 Å². The fraction of sp³-hybridized carbons (Fsp3) is 0.293. The zero-order chi connectivity index (χ0) is 52.5. The summed E-state index contributed by atoms with van der Waals surface area (Å²) in [5.74, 6) is 6.35. The second-order valence-electron chi connectivity index (χ2n) is 19.3. The Hall–Kier alpha value is -7.83. The molecule has 0 aromatic heterocycles. The number of allylic oxidation sites excluding steroid dienone is 5. The Balaban J connectivity index is 0.000000102. The van der Waals surface area contributed by atoms with Gasteiger partial charge in [0.1, 0.15) is 29.9 Å². The van der Waals surface area contributed by atoms with Gasteiger partial charge in [-0.1, -0.05) is 93.3 Å². The lowest BCUT2D eigenvalue weighted by atomic mass is 9.89. The molecule has 16 nitrogen and oxygen atoms in total. The first-order valence-electron chi connectivity index (χ1n) is 25.7. The summed E-state index contributed by atoms with van der Waals surface area (Å²) in [6, 6.07) is 8.29. The van der Waals surface area contributed by atoms with Gasteiger partial charge < -0.3 is 34.3 Å². The summed E-state index contributed by atoms with van der Waals surface area (Å²) in [6.45, 7) is 30.8. The van der Waals surface area contributed by atoms with E-state index in [4.69, 9.17) is 0 Å². The summed E-state index contributed by atoms with van der Waals surface area (Å²) in [5.41, 5.74) is 11.1. The number of hydrogen-bond acceptors (Lipinski definition) is 17. The maximum Gasteiger partial charge on any atom is 0.267 e. The maximum atomic E-state index is 10.6. The zero-order valence-corrected chi connectivity index (χ0v) is 44.6. The van der Waals surface area contributed by atoms with Crippen LogP contribution in [0.25, 0.3) is 6.08 Å². The van der Waals surface area contributed by atoms with Gasteiger partial charge in [-0.25, -0.2) is 34.9 Å². The summed E-state index contributed by atoms with van der Waals surface area (Å²) in [7, 11) is 0. The lowest BCUT2D eigenvalue weighted by Gasteiger charge is -2.27. The van der Waals surface area contributed by atoms with Crippen molar-refractivity contribution in [2.24, 2.45) is 39.9 Å². The molecule has 0 bridgehead atoms. The monoisotopic (exact) mass is 1050 g/mol. The predicted molar refractivity (Wildman–Crippen MR) is 317 cm³/mol. The Morgan fingerprint density at radius 3 is 2.03 bits per heavy atom. The zero-order valence-electron chi connectivity index (χ0n) is 43.0. The molecule has 1 aromatic carbocycles. The average Bonchev–Trinajstić information content (AvgIpc) is 4.29. The standard InChI is InChI=1S/C12H14N2.C12H10N2.C8H12N2.C8H8N2.C7H7N3.C6H6N2S.C5H6N2OS/c2*1-9-8-14-7-6-10-4-2-3-5-11(10)12(14)13-9;2*1-7-6-10-5-3-2-4-8(10)9-7;1-6-5-10-4-2-3-8-7(10)9-6;1-5-4-8-2-3-9-6(8)7-5;8-4-3-7-1-2-9-5(7)6-4/h6-7H,1-5,8H2;2-7H,1,8H2;1-6H2;2-5H,1,6H2;2-4H,1,5H2;2-3H,1,4H2;1-3H2. The van der Waals surface area contributed by atoms with Crippen molar-refractivity contribution < 1.29 is 4.79 Å². The van der Waals surface area contributed by atoms with Gasteiger partial charge in [0.15, 0.2) is 10.3 Å². The minimum atomic E-state index is 0.0113.